The van der Waals surface area contributed by atoms with Gasteiger partial charge >= 0.3 is 0 Å². The van der Waals surface area contributed by atoms with Gasteiger partial charge < -0.3 is 19.3 Å². The molecule has 1 saturated heterocycles. The van der Waals surface area contributed by atoms with Crippen LogP contribution in [0.3, 0.4) is 0 Å². The molecule has 0 aliphatic carbocycles. The third-order valence-corrected chi connectivity index (χ3v) is 3.56. The Morgan fingerprint density at radius 1 is 1.19 bits per heavy atom. The van der Waals surface area contributed by atoms with Gasteiger partial charge in [-0.2, -0.15) is 0 Å². The number of aliphatic hydroxyl groups excluding tert-OH is 1. The molecular weight excluding hydrogens is 268 g/mol. The van der Waals surface area contributed by atoms with E-state index in [0.29, 0.717) is 13.2 Å². The normalized spacial score (nSPS) is 20.8. The summed E-state index contributed by atoms with van der Waals surface area (Å²) in [5, 5.41) is 11.3. The third kappa shape index (κ3) is 3.35. The monoisotopic (exact) mass is 288 g/mol. The van der Waals surface area contributed by atoms with Crippen LogP contribution < -0.4 is 4.74 Å². The Morgan fingerprint density at radius 2 is 1.95 bits per heavy atom. The molecule has 1 fully saturated rings. The topological polar surface area (TPSA) is 47.9 Å². The van der Waals surface area contributed by atoms with Gasteiger partial charge in [0.25, 0.3) is 0 Å². The fourth-order valence-corrected chi connectivity index (χ4v) is 2.50. The van der Waals surface area contributed by atoms with Crippen LogP contribution in [-0.4, -0.2) is 30.2 Å². The number of ether oxygens (including phenoxy) is 3. The van der Waals surface area contributed by atoms with Crippen molar-refractivity contribution in [3.8, 4) is 5.75 Å². The van der Waals surface area contributed by atoms with Crippen LogP contribution in [0, 0.1) is 0 Å². The molecule has 0 radical (unpaired) electrons. The molecule has 21 heavy (non-hydrogen) atoms. The molecule has 2 aromatic rings. The summed E-state index contributed by atoms with van der Waals surface area (Å²) in [5.74, 6) is 0.297. The highest BCUT2D eigenvalue weighted by Gasteiger charge is 2.32. The van der Waals surface area contributed by atoms with Crippen molar-refractivity contribution in [3.63, 3.8) is 0 Å². The minimum absolute atomic E-state index is 0.0348. The van der Waals surface area contributed by atoms with Crippen LogP contribution in [0.15, 0.2) is 36.4 Å². The van der Waals surface area contributed by atoms with Gasteiger partial charge in [-0.15, -0.1) is 0 Å². The molecule has 2 aromatic carbocycles. The van der Waals surface area contributed by atoms with E-state index in [4.69, 9.17) is 19.3 Å². The minimum Gasteiger partial charge on any atom is -0.491 e. The van der Waals surface area contributed by atoms with Gasteiger partial charge in [0, 0.05) is 0 Å². The number of hydrogen-bond acceptors (Lipinski definition) is 4. The molecule has 4 heteroatoms. The largest absolute Gasteiger partial charge is 0.491 e. The molecule has 1 heterocycles. The van der Waals surface area contributed by atoms with Gasteiger partial charge in [0.05, 0.1) is 13.2 Å². The number of hydrogen-bond donors (Lipinski definition) is 1. The fourth-order valence-electron chi connectivity index (χ4n) is 2.50. The lowest BCUT2D eigenvalue weighted by Gasteiger charge is -2.17. The zero-order valence-corrected chi connectivity index (χ0v) is 12.3. The smallest absolute Gasteiger partial charge is 0.163 e. The molecule has 1 aliphatic heterocycles. The number of fused-ring (bicyclic) bond motifs is 1. The highest BCUT2D eigenvalue weighted by atomic mass is 16.7. The lowest BCUT2D eigenvalue weighted by molar-refractivity contribution is -0.141. The minimum atomic E-state index is -0.516. The first-order chi connectivity index (χ1) is 10.1. The lowest BCUT2D eigenvalue weighted by Crippen LogP contribution is -2.25. The summed E-state index contributed by atoms with van der Waals surface area (Å²) in [6, 6.07) is 11.8. The van der Waals surface area contributed by atoms with E-state index >= 15 is 0 Å². The molecule has 0 bridgehead atoms. The van der Waals surface area contributed by atoms with Crippen molar-refractivity contribution >= 4 is 10.8 Å². The summed E-state index contributed by atoms with van der Waals surface area (Å²) in [5.41, 5.74) is 0.912. The Kier molecular flexibility index (Phi) is 3.85. The van der Waals surface area contributed by atoms with Crippen LogP contribution in [0.5, 0.6) is 5.75 Å². The van der Waals surface area contributed by atoms with Gasteiger partial charge in [0.1, 0.15) is 18.5 Å². The lowest BCUT2D eigenvalue weighted by atomic mass is 10.1. The molecule has 1 aliphatic rings. The molecule has 0 amide bonds. The van der Waals surface area contributed by atoms with Gasteiger partial charge in [-0.25, -0.2) is 0 Å². The average Bonchev–Trinajstić information content (AvgIpc) is 2.83. The summed E-state index contributed by atoms with van der Waals surface area (Å²) in [6.07, 6.45) is -0.0348. The molecule has 1 atom stereocenters. The highest BCUT2D eigenvalue weighted by molar-refractivity contribution is 5.84. The maximum atomic E-state index is 9.15. The molecule has 112 valence electrons. The van der Waals surface area contributed by atoms with Crippen molar-refractivity contribution in [3.05, 3.63) is 42.0 Å². The van der Waals surface area contributed by atoms with Crippen LogP contribution in [0.4, 0.5) is 0 Å². The Labute approximate surface area is 124 Å². The second-order valence-electron chi connectivity index (χ2n) is 5.76. The predicted molar refractivity (Wildman–Crippen MR) is 80.3 cm³/mol. The molecular formula is C17H20O4. The van der Waals surface area contributed by atoms with Gasteiger partial charge in [-0.1, -0.05) is 18.2 Å². The van der Waals surface area contributed by atoms with Crippen LogP contribution in [-0.2, 0) is 16.1 Å². The van der Waals surface area contributed by atoms with E-state index in [1.165, 1.54) is 0 Å². The Morgan fingerprint density at radius 3 is 2.67 bits per heavy atom. The molecule has 1 N–H and O–H groups in total. The van der Waals surface area contributed by atoms with E-state index in [1.807, 2.05) is 50.2 Å². The van der Waals surface area contributed by atoms with Crippen LogP contribution in [0.2, 0.25) is 0 Å². The van der Waals surface area contributed by atoms with Crippen molar-refractivity contribution in [1.82, 2.24) is 0 Å². The van der Waals surface area contributed by atoms with Gasteiger partial charge in [0.15, 0.2) is 5.79 Å². The van der Waals surface area contributed by atoms with Crippen molar-refractivity contribution < 1.29 is 19.3 Å². The van der Waals surface area contributed by atoms with Crippen LogP contribution in [0.25, 0.3) is 10.8 Å². The van der Waals surface area contributed by atoms with Crippen molar-refractivity contribution in [2.24, 2.45) is 0 Å². The van der Waals surface area contributed by atoms with Crippen LogP contribution >= 0.6 is 0 Å². The second kappa shape index (κ2) is 5.64. The maximum Gasteiger partial charge on any atom is 0.163 e. The zero-order chi connectivity index (χ0) is 14.9. The summed E-state index contributed by atoms with van der Waals surface area (Å²) in [6.45, 7) is 4.90. The summed E-state index contributed by atoms with van der Waals surface area (Å²) in [7, 11) is 0. The first-order valence-electron chi connectivity index (χ1n) is 7.14. The van der Waals surface area contributed by atoms with E-state index < -0.39 is 5.79 Å². The Hall–Kier alpha value is -1.62. The summed E-state index contributed by atoms with van der Waals surface area (Å²) >= 11 is 0. The highest BCUT2D eigenvalue weighted by Crippen LogP contribution is 2.25. The summed E-state index contributed by atoms with van der Waals surface area (Å²) < 4.78 is 17.0. The molecule has 0 aromatic heterocycles. The molecule has 3 rings (SSSR count). The molecule has 0 saturated carbocycles. The third-order valence-electron chi connectivity index (χ3n) is 3.56. The van der Waals surface area contributed by atoms with E-state index in [9.17, 15) is 0 Å². The SMILES string of the molecule is CC1(C)OCC(COc2ccc3cc(CO)ccc3c2)O1. The van der Waals surface area contributed by atoms with Crippen molar-refractivity contribution in [1.29, 1.82) is 0 Å². The van der Waals surface area contributed by atoms with Gasteiger partial charge in [0.2, 0.25) is 0 Å². The maximum absolute atomic E-state index is 9.15. The molecule has 0 spiro atoms. The number of rotatable bonds is 4. The average molecular weight is 288 g/mol. The van der Waals surface area contributed by atoms with E-state index in [1.54, 1.807) is 0 Å². The van der Waals surface area contributed by atoms with Crippen LogP contribution in [0.1, 0.15) is 19.4 Å². The first kappa shape index (κ1) is 14.3. The van der Waals surface area contributed by atoms with Gasteiger partial charge in [-0.05, 0) is 48.4 Å². The van der Waals surface area contributed by atoms with Gasteiger partial charge in [-0.3, -0.25) is 0 Å². The Bertz CT molecular complexity index is 636. The zero-order valence-electron chi connectivity index (χ0n) is 12.3. The molecule has 1 unspecified atom stereocenters. The van der Waals surface area contributed by atoms with Crippen molar-refractivity contribution in [2.45, 2.75) is 32.3 Å². The standard InChI is InChI=1S/C17H20O4/c1-17(2)20-11-16(21-17)10-19-15-6-5-13-7-12(9-18)3-4-14(13)8-15/h3-8,16,18H,9-11H2,1-2H3. The Balaban J connectivity index is 1.67. The second-order valence-corrected chi connectivity index (χ2v) is 5.76. The van der Waals surface area contributed by atoms with E-state index in [2.05, 4.69) is 0 Å². The number of benzene rings is 2. The first-order valence-corrected chi connectivity index (χ1v) is 7.14. The molecule has 4 nitrogen and oxygen atoms in total. The van der Waals surface area contributed by atoms with E-state index in [-0.39, 0.29) is 12.7 Å². The summed E-state index contributed by atoms with van der Waals surface area (Å²) in [4.78, 5) is 0. The number of aliphatic hydroxyl groups is 1. The predicted octanol–water partition coefficient (Wildman–Crippen LogP) is 2.86. The fraction of sp³-hybridized carbons (Fsp3) is 0.412. The van der Waals surface area contributed by atoms with Crippen molar-refractivity contribution in [2.75, 3.05) is 13.2 Å². The van der Waals surface area contributed by atoms with E-state index in [0.717, 1.165) is 22.1 Å². The quantitative estimate of drug-likeness (QED) is 0.940.